The molecule has 0 aromatic heterocycles. The molecule has 3 nitrogen and oxygen atoms in total. The second-order valence-electron chi connectivity index (χ2n) is 4.05. The third-order valence-corrected chi connectivity index (χ3v) is 2.51. The summed E-state index contributed by atoms with van der Waals surface area (Å²) in [5, 5.41) is 0. The maximum absolute atomic E-state index is 11.3. The number of ether oxygens (including phenoxy) is 1. The van der Waals surface area contributed by atoms with E-state index in [9.17, 15) is 4.79 Å². The smallest absolute Gasteiger partial charge is 0.409 e. The lowest BCUT2D eigenvalue weighted by molar-refractivity contribution is 0.0634. The van der Waals surface area contributed by atoms with Gasteiger partial charge >= 0.3 is 6.09 Å². The lowest BCUT2D eigenvalue weighted by Crippen LogP contribution is -2.28. The van der Waals surface area contributed by atoms with E-state index in [1.54, 1.807) is 14.1 Å². The number of hydrogen-bond acceptors (Lipinski definition) is 2. The van der Waals surface area contributed by atoms with Crippen LogP contribution >= 0.6 is 0 Å². The van der Waals surface area contributed by atoms with Gasteiger partial charge in [-0.1, -0.05) is 12.8 Å². The maximum Gasteiger partial charge on any atom is 0.409 e. The minimum Gasteiger partial charge on any atom is -0.446 e. The normalized spacial score (nSPS) is 19.6. The average Bonchev–Trinajstić information content (AvgIpc) is 2.08. The van der Waals surface area contributed by atoms with Crippen molar-refractivity contribution in [2.45, 2.75) is 44.6 Å². The summed E-state index contributed by atoms with van der Waals surface area (Å²) in [6, 6.07) is 0. The van der Waals surface area contributed by atoms with Crippen LogP contribution in [0.3, 0.4) is 0 Å². The highest BCUT2D eigenvalue weighted by atomic mass is 16.6. The van der Waals surface area contributed by atoms with Crippen LogP contribution in [0.25, 0.3) is 0 Å². The Morgan fingerprint density at radius 2 is 2.07 bits per heavy atom. The average molecular weight is 198 g/mol. The molecule has 0 saturated heterocycles. The van der Waals surface area contributed by atoms with Crippen LogP contribution in [0.4, 0.5) is 4.79 Å². The van der Waals surface area contributed by atoms with E-state index < -0.39 is 0 Å². The molecule has 1 aliphatic carbocycles. The van der Waals surface area contributed by atoms with E-state index in [1.165, 1.54) is 24.2 Å². The molecule has 0 bridgehead atoms. The van der Waals surface area contributed by atoms with Gasteiger partial charge in [-0.05, 0) is 32.1 Å². The van der Waals surface area contributed by atoms with Crippen LogP contribution in [-0.4, -0.2) is 31.2 Å². The molecule has 0 aliphatic heterocycles. The largest absolute Gasteiger partial charge is 0.446 e. The van der Waals surface area contributed by atoms with Gasteiger partial charge < -0.3 is 9.64 Å². The van der Waals surface area contributed by atoms with Crippen LogP contribution in [0.5, 0.6) is 0 Å². The van der Waals surface area contributed by atoms with E-state index in [-0.39, 0.29) is 12.2 Å². The molecule has 1 unspecified atom stereocenters. The first-order chi connectivity index (χ1) is 6.70. The van der Waals surface area contributed by atoms with E-state index in [0.29, 0.717) is 0 Å². The van der Waals surface area contributed by atoms with Gasteiger partial charge in [0.15, 0.2) is 0 Å². The maximum atomic E-state index is 11.3. The molecule has 1 atom stereocenters. The van der Waals surface area contributed by atoms with Gasteiger partial charge in [0.05, 0.1) is 0 Å². The Bertz CT molecular complexity index is 172. The van der Waals surface area contributed by atoms with Crippen molar-refractivity contribution < 1.29 is 9.53 Å². The summed E-state index contributed by atoms with van der Waals surface area (Å²) in [4.78, 5) is 12.8. The Balaban J connectivity index is 2.30. The Hall–Kier alpha value is -0.730. The topological polar surface area (TPSA) is 29.5 Å². The van der Waals surface area contributed by atoms with E-state index >= 15 is 0 Å². The monoisotopic (exact) mass is 198 g/mol. The third kappa shape index (κ3) is 3.99. The fraction of sp³-hybridized carbons (Fsp3) is 0.818. The van der Waals surface area contributed by atoms with Crippen molar-refractivity contribution >= 4 is 6.09 Å². The van der Waals surface area contributed by atoms with Gasteiger partial charge in [0.25, 0.3) is 0 Å². The highest BCUT2D eigenvalue weighted by Gasteiger charge is 2.16. The van der Waals surface area contributed by atoms with Crippen molar-refractivity contribution in [3.05, 3.63) is 6.42 Å². The molecule has 1 rings (SSSR count). The van der Waals surface area contributed by atoms with Gasteiger partial charge in [-0.2, -0.15) is 0 Å². The van der Waals surface area contributed by atoms with Crippen molar-refractivity contribution in [1.29, 1.82) is 0 Å². The fourth-order valence-electron chi connectivity index (χ4n) is 1.62. The summed E-state index contributed by atoms with van der Waals surface area (Å²) < 4.78 is 5.36. The number of hydrogen-bond donors (Lipinski definition) is 0. The molecule has 1 saturated carbocycles. The number of rotatable bonds is 1. The van der Waals surface area contributed by atoms with Gasteiger partial charge in [0.2, 0.25) is 0 Å². The summed E-state index contributed by atoms with van der Waals surface area (Å²) in [5.41, 5.74) is 0. The molecule has 1 fully saturated rings. The van der Waals surface area contributed by atoms with E-state index in [0.717, 1.165) is 19.3 Å². The molecule has 0 spiro atoms. The van der Waals surface area contributed by atoms with Crippen LogP contribution < -0.4 is 0 Å². The SMILES string of the molecule is CN(C)C(=O)OC1CC[CH]CCCC1. The first kappa shape index (κ1) is 11.3. The first-order valence-electron chi connectivity index (χ1n) is 5.39. The predicted molar refractivity (Wildman–Crippen MR) is 56.0 cm³/mol. The Morgan fingerprint density at radius 3 is 2.79 bits per heavy atom. The molecule has 14 heavy (non-hydrogen) atoms. The molecule has 0 aromatic carbocycles. The summed E-state index contributed by atoms with van der Waals surface area (Å²) in [7, 11) is 3.44. The molecular formula is C11H20NO2. The van der Waals surface area contributed by atoms with E-state index in [4.69, 9.17) is 4.74 Å². The molecule has 1 radical (unpaired) electrons. The number of nitrogens with zero attached hydrogens (tertiary/aromatic N) is 1. The second-order valence-corrected chi connectivity index (χ2v) is 4.05. The second kappa shape index (κ2) is 5.89. The van der Waals surface area contributed by atoms with Gasteiger partial charge in [-0.25, -0.2) is 4.79 Å². The lowest BCUT2D eigenvalue weighted by atomic mass is 9.99. The number of carbonyl (C=O) groups is 1. The molecule has 1 aliphatic rings. The van der Waals surface area contributed by atoms with Crippen LogP contribution in [0.15, 0.2) is 0 Å². The van der Waals surface area contributed by atoms with Gasteiger partial charge in [-0.3, -0.25) is 0 Å². The van der Waals surface area contributed by atoms with Crippen LogP contribution in [0, 0.1) is 6.42 Å². The summed E-state index contributed by atoms with van der Waals surface area (Å²) >= 11 is 0. The lowest BCUT2D eigenvalue weighted by Gasteiger charge is -2.21. The Kier molecular flexibility index (Phi) is 4.77. The van der Waals surface area contributed by atoms with Crippen molar-refractivity contribution in [2.75, 3.05) is 14.1 Å². The summed E-state index contributed by atoms with van der Waals surface area (Å²) in [6.07, 6.45) is 8.91. The zero-order chi connectivity index (χ0) is 10.4. The highest BCUT2D eigenvalue weighted by Crippen LogP contribution is 2.19. The van der Waals surface area contributed by atoms with Crippen molar-refractivity contribution in [3.8, 4) is 0 Å². The van der Waals surface area contributed by atoms with E-state index in [1.807, 2.05) is 0 Å². The third-order valence-electron chi connectivity index (χ3n) is 2.51. The predicted octanol–water partition coefficient (Wildman–Crippen LogP) is 2.61. The molecule has 0 heterocycles. The fourth-order valence-corrected chi connectivity index (χ4v) is 1.62. The van der Waals surface area contributed by atoms with Crippen LogP contribution in [0.1, 0.15) is 38.5 Å². The van der Waals surface area contributed by atoms with Gasteiger partial charge in [0.1, 0.15) is 6.10 Å². The van der Waals surface area contributed by atoms with Crippen molar-refractivity contribution in [2.24, 2.45) is 0 Å². The highest BCUT2D eigenvalue weighted by molar-refractivity contribution is 5.66. The zero-order valence-corrected chi connectivity index (χ0v) is 9.16. The van der Waals surface area contributed by atoms with Crippen LogP contribution in [0.2, 0.25) is 0 Å². The van der Waals surface area contributed by atoms with Gasteiger partial charge in [-0.15, -0.1) is 0 Å². The zero-order valence-electron chi connectivity index (χ0n) is 9.16. The Labute approximate surface area is 86.4 Å². The number of amides is 1. The number of carbonyl (C=O) groups excluding carboxylic acids is 1. The quantitative estimate of drug-likeness (QED) is 0.648. The first-order valence-corrected chi connectivity index (χ1v) is 5.39. The standard InChI is InChI=1S/C11H20NO2/c1-12(2)11(13)14-10-8-6-4-3-5-7-9-10/h4,10H,3,5-9H2,1-2H3. The molecule has 0 N–H and O–H groups in total. The summed E-state index contributed by atoms with van der Waals surface area (Å²) in [5.74, 6) is 0. The van der Waals surface area contributed by atoms with Gasteiger partial charge in [0, 0.05) is 14.1 Å². The molecule has 3 heteroatoms. The minimum atomic E-state index is -0.212. The molecule has 0 aromatic rings. The Morgan fingerprint density at radius 1 is 1.29 bits per heavy atom. The van der Waals surface area contributed by atoms with Crippen molar-refractivity contribution in [3.63, 3.8) is 0 Å². The minimum absolute atomic E-state index is 0.126. The molecular weight excluding hydrogens is 178 g/mol. The van der Waals surface area contributed by atoms with Crippen LogP contribution in [-0.2, 0) is 4.74 Å². The molecule has 1 amide bonds. The van der Waals surface area contributed by atoms with Crippen molar-refractivity contribution in [1.82, 2.24) is 4.90 Å². The van der Waals surface area contributed by atoms with E-state index in [2.05, 4.69) is 6.42 Å². The summed E-state index contributed by atoms with van der Waals surface area (Å²) in [6.45, 7) is 0. The molecule has 81 valence electrons.